The van der Waals surface area contributed by atoms with E-state index < -0.39 is 11.6 Å². The largest absolute Gasteiger partial charge is 0.381 e. The van der Waals surface area contributed by atoms with Crippen LogP contribution in [0.4, 0.5) is 14.5 Å². The van der Waals surface area contributed by atoms with Crippen LogP contribution < -0.4 is 5.32 Å². The Labute approximate surface area is 129 Å². The van der Waals surface area contributed by atoms with Crippen molar-refractivity contribution in [3.8, 4) is 11.8 Å². The zero-order valence-corrected chi connectivity index (χ0v) is 12.6. The molecule has 4 heteroatoms. The molecule has 0 aliphatic carbocycles. The fourth-order valence-electron chi connectivity index (χ4n) is 2.15. The lowest BCUT2D eigenvalue weighted by Crippen LogP contribution is -2.13. The van der Waals surface area contributed by atoms with Crippen molar-refractivity contribution in [1.29, 1.82) is 0 Å². The number of hydrogen-bond acceptors (Lipinski definition) is 2. The van der Waals surface area contributed by atoms with Crippen LogP contribution in [0.3, 0.4) is 0 Å². The summed E-state index contributed by atoms with van der Waals surface area (Å²) in [7, 11) is 0. The highest BCUT2D eigenvalue weighted by Gasteiger charge is 2.10. The molecule has 1 aliphatic heterocycles. The van der Waals surface area contributed by atoms with Gasteiger partial charge in [-0.1, -0.05) is 18.4 Å². The van der Waals surface area contributed by atoms with Crippen LogP contribution in [0.1, 0.15) is 19.8 Å². The zero-order chi connectivity index (χ0) is 15.9. The molecule has 0 atom stereocenters. The van der Waals surface area contributed by atoms with Gasteiger partial charge in [0.05, 0.1) is 0 Å². The van der Waals surface area contributed by atoms with Crippen molar-refractivity contribution in [3.63, 3.8) is 0 Å². The number of allylic oxidation sites excluding steroid dienone is 2. The molecule has 22 heavy (non-hydrogen) atoms. The molecule has 1 saturated heterocycles. The molecule has 1 aromatic carbocycles. The van der Waals surface area contributed by atoms with Gasteiger partial charge in [-0.05, 0) is 38.0 Å². The Balaban J connectivity index is 2.12. The van der Waals surface area contributed by atoms with Crippen LogP contribution in [-0.4, -0.2) is 13.2 Å². The summed E-state index contributed by atoms with van der Waals surface area (Å²) in [6.45, 7) is 7.12. The van der Waals surface area contributed by atoms with Crippen molar-refractivity contribution in [1.82, 2.24) is 0 Å². The Morgan fingerprint density at radius 1 is 1.32 bits per heavy atom. The van der Waals surface area contributed by atoms with Crippen LogP contribution in [-0.2, 0) is 4.74 Å². The summed E-state index contributed by atoms with van der Waals surface area (Å²) in [6, 6.07) is 3.67. The lowest BCUT2D eigenvalue weighted by molar-refractivity contribution is 0.0807. The first-order chi connectivity index (χ1) is 10.6. The first kappa shape index (κ1) is 16.3. The van der Waals surface area contributed by atoms with Crippen molar-refractivity contribution in [3.05, 3.63) is 53.8 Å². The quantitative estimate of drug-likeness (QED) is 0.665. The van der Waals surface area contributed by atoms with Gasteiger partial charge < -0.3 is 10.1 Å². The van der Waals surface area contributed by atoms with Crippen LogP contribution in [0.2, 0.25) is 0 Å². The molecule has 0 saturated carbocycles. The van der Waals surface area contributed by atoms with E-state index in [0.29, 0.717) is 17.3 Å². The van der Waals surface area contributed by atoms with Gasteiger partial charge in [-0.3, -0.25) is 0 Å². The third kappa shape index (κ3) is 4.44. The van der Waals surface area contributed by atoms with Crippen LogP contribution in [0.5, 0.6) is 0 Å². The predicted octanol–water partition coefficient (Wildman–Crippen LogP) is 4.27. The van der Waals surface area contributed by atoms with Crippen molar-refractivity contribution in [2.45, 2.75) is 19.8 Å². The van der Waals surface area contributed by atoms with E-state index in [-0.39, 0.29) is 0 Å². The Kier molecular flexibility index (Phi) is 5.74. The van der Waals surface area contributed by atoms with Gasteiger partial charge in [0, 0.05) is 42.2 Å². The molecule has 1 N–H and O–H groups in total. The van der Waals surface area contributed by atoms with Crippen LogP contribution >= 0.6 is 0 Å². The van der Waals surface area contributed by atoms with E-state index in [1.54, 1.807) is 6.08 Å². The molecule has 1 aromatic rings. The average molecular weight is 303 g/mol. The first-order valence-electron chi connectivity index (χ1n) is 7.25. The lowest BCUT2D eigenvalue weighted by Gasteiger charge is -2.16. The van der Waals surface area contributed by atoms with E-state index >= 15 is 0 Å². The number of ether oxygens (including phenoxy) is 1. The fourth-order valence-corrected chi connectivity index (χ4v) is 2.15. The van der Waals surface area contributed by atoms with Gasteiger partial charge in [0.2, 0.25) is 0 Å². The second-order valence-electron chi connectivity index (χ2n) is 5.15. The molecule has 2 rings (SSSR count). The maximum atomic E-state index is 13.2. The molecule has 116 valence electrons. The molecule has 1 heterocycles. The van der Waals surface area contributed by atoms with Crippen molar-refractivity contribution < 1.29 is 13.5 Å². The predicted molar refractivity (Wildman–Crippen MR) is 84.2 cm³/mol. The molecule has 0 spiro atoms. The smallest absolute Gasteiger partial charge is 0.160 e. The Bertz CT molecular complexity index is 634. The fraction of sp³-hybridized carbons (Fsp3) is 0.333. The van der Waals surface area contributed by atoms with Crippen LogP contribution in [0.25, 0.3) is 0 Å². The Morgan fingerprint density at radius 3 is 2.68 bits per heavy atom. The number of anilines is 1. The van der Waals surface area contributed by atoms with Gasteiger partial charge in [-0.25, -0.2) is 8.78 Å². The summed E-state index contributed by atoms with van der Waals surface area (Å²) in [5, 5.41) is 3.01. The van der Waals surface area contributed by atoms with Crippen LogP contribution in [0, 0.1) is 29.4 Å². The summed E-state index contributed by atoms with van der Waals surface area (Å²) in [6.07, 6.45) is 3.51. The number of nitrogens with one attached hydrogen (secondary N) is 1. The van der Waals surface area contributed by atoms with Crippen LogP contribution in [0.15, 0.2) is 42.1 Å². The van der Waals surface area contributed by atoms with Gasteiger partial charge >= 0.3 is 0 Å². The second kappa shape index (κ2) is 7.77. The summed E-state index contributed by atoms with van der Waals surface area (Å²) in [4.78, 5) is 0. The van der Waals surface area contributed by atoms with Gasteiger partial charge in [-0.15, -0.1) is 0 Å². The Morgan fingerprint density at radius 2 is 2.05 bits per heavy atom. The highest BCUT2D eigenvalue weighted by atomic mass is 19.2. The van der Waals surface area contributed by atoms with Crippen molar-refractivity contribution >= 4 is 5.69 Å². The van der Waals surface area contributed by atoms with Gasteiger partial charge in [0.15, 0.2) is 11.6 Å². The first-order valence-corrected chi connectivity index (χ1v) is 7.25. The van der Waals surface area contributed by atoms with Crippen molar-refractivity contribution in [2.75, 3.05) is 18.5 Å². The number of halogens is 2. The molecule has 1 fully saturated rings. The third-order valence-corrected chi connectivity index (χ3v) is 3.49. The lowest BCUT2D eigenvalue weighted by atomic mass is 10.0. The minimum atomic E-state index is -0.889. The molecule has 0 amide bonds. The molecule has 1 aliphatic rings. The van der Waals surface area contributed by atoms with Gasteiger partial charge in [0.1, 0.15) is 0 Å². The molecular formula is C18H19F2NO. The summed E-state index contributed by atoms with van der Waals surface area (Å²) in [5.41, 5.74) is 1.96. The van der Waals surface area contributed by atoms with E-state index in [0.717, 1.165) is 43.8 Å². The Hall–Kier alpha value is -2.12. The number of rotatable bonds is 3. The summed E-state index contributed by atoms with van der Waals surface area (Å²) in [5.74, 6) is 4.94. The number of benzene rings is 1. The van der Waals surface area contributed by atoms with Gasteiger partial charge in [-0.2, -0.15) is 0 Å². The highest BCUT2D eigenvalue weighted by Crippen LogP contribution is 2.17. The molecule has 2 nitrogen and oxygen atoms in total. The van der Waals surface area contributed by atoms with Gasteiger partial charge in [0.25, 0.3) is 0 Å². The topological polar surface area (TPSA) is 21.3 Å². The maximum absolute atomic E-state index is 13.2. The van der Waals surface area contributed by atoms with E-state index in [1.807, 2.05) is 6.92 Å². The molecule has 0 bridgehead atoms. The average Bonchev–Trinajstić information content (AvgIpc) is 2.54. The monoisotopic (exact) mass is 303 g/mol. The molecule has 0 radical (unpaired) electrons. The van der Waals surface area contributed by atoms with E-state index in [9.17, 15) is 8.78 Å². The minimum Gasteiger partial charge on any atom is -0.381 e. The second-order valence-corrected chi connectivity index (χ2v) is 5.15. The minimum absolute atomic E-state index is 0.345. The SMILES string of the molecule is C=C/C(Nc1ccc(F)c(F)c1)=C(\C)C#CC1CCOCC1. The number of hydrogen-bond donors (Lipinski definition) is 1. The summed E-state index contributed by atoms with van der Waals surface area (Å²) < 4.78 is 31.5. The van der Waals surface area contributed by atoms with Crippen molar-refractivity contribution in [2.24, 2.45) is 5.92 Å². The maximum Gasteiger partial charge on any atom is 0.160 e. The summed E-state index contributed by atoms with van der Waals surface area (Å²) >= 11 is 0. The normalized spacial score (nSPS) is 16.3. The standard InChI is InChI=1S/C18H19F2NO/c1-3-18(21-15-6-7-16(19)17(20)12-15)13(2)4-5-14-8-10-22-11-9-14/h3,6-7,12,14,21H,1,8-11H2,2H3/b18-13-. The molecule has 0 aromatic heterocycles. The third-order valence-electron chi connectivity index (χ3n) is 3.49. The molecule has 0 unspecified atom stereocenters. The van der Waals surface area contributed by atoms with E-state index in [2.05, 4.69) is 23.7 Å². The van der Waals surface area contributed by atoms with E-state index in [1.165, 1.54) is 6.07 Å². The van der Waals surface area contributed by atoms with E-state index in [4.69, 9.17) is 4.74 Å². The highest BCUT2D eigenvalue weighted by molar-refractivity contribution is 5.54. The molecular weight excluding hydrogens is 284 g/mol. The zero-order valence-electron chi connectivity index (χ0n) is 12.6.